The van der Waals surface area contributed by atoms with Crippen LogP contribution in [0.2, 0.25) is 18.1 Å². The highest BCUT2D eigenvalue weighted by Crippen LogP contribution is 2.36. The van der Waals surface area contributed by atoms with Crippen LogP contribution in [0.5, 0.6) is 0 Å². The largest absolute Gasteiger partial charge is 0.474 e. The molecule has 1 rings (SSSR count). The molecule has 3 nitrogen and oxygen atoms in total. The zero-order valence-corrected chi connectivity index (χ0v) is 18.1. The fourth-order valence-electron chi connectivity index (χ4n) is 2.19. The smallest absolute Gasteiger partial charge is 0.131 e. The lowest BCUT2D eigenvalue weighted by molar-refractivity contribution is 0.198. The molecule has 4 heteroatoms. The first-order valence-corrected chi connectivity index (χ1v) is 12.5. The maximum atomic E-state index is 9.46. The van der Waals surface area contributed by atoms with Gasteiger partial charge in [-0.05, 0) is 31.0 Å². The molecule has 0 radical (unpaired) electrons. The van der Waals surface area contributed by atoms with Crippen molar-refractivity contribution in [3.8, 4) is 0 Å². The Labute approximate surface area is 151 Å². The van der Waals surface area contributed by atoms with E-state index in [0.717, 1.165) is 17.5 Å². The van der Waals surface area contributed by atoms with Crippen molar-refractivity contribution in [1.29, 1.82) is 0 Å². The summed E-state index contributed by atoms with van der Waals surface area (Å²) in [6, 6.07) is 2.02. The van der Waals surface area contributed by atoms with Crippen LogP contribution in [0.3, 0.4) is 0 Å². The molecule has 1 atom stereocenters. The van der Waals surface area contributed by atoms with Gasteiger partial charge in [0.15, 0.2) is 0 Å². The van der Waals surface area contributed by atoms with E-state index >= 15 is 0 Å². The van der Waals surface area contributed by atoms with Gasteiger partial charge < -0.3 is 15.3 Å². The molecule has 1 unspecified atom stereocenters. The first-order valence-electron chi connectivity index (χ1n) is 9.55. The summed E-state index contributed by atoms with van der Waals surface area (Å²) in [6.45, 7) is 16.2. The van der Waals surface area contributed by atoms with Crippen molar-refractivity contribution in [2.45, 2.75) is 97.4 Å². The number of unbranched alkanes of at least 4 members (excludes halogenated alkanes) is 5. The summed E-state index contributed by atoms with van der Waals surface area (Å²) in [5.41, 5.74) is 6.23. The fourth-order valence-corrected chi connectivity index (χ4v) is 3.81. The van der Waals surface area contributed by atoms with Crippen LogP contribution in [-0.4, -0.2) is 19.7 Å². The second-order valence-corrected chi connectivity index (χ2v) is 13.6. The minimum atomic E-state index is -1.58. The summed E-state index contributed by atoms with van der Waals surface area (Å²) in [5, 5.41) is 10.8. The summed E-state index contributed by atoms with van der Waals surface area (Å²) < 4.78 is 5.62. The predicted molar refractivity (Wildman–Crippen MR) is 109 cm³/mol. The second-order valence-electron chi connectivity index (χ2n) is 8.35. The summed E-state index contributed by atoms with van der Waals surface area (Å²) >= 11 is 0. The van der Waals surface area contributed by atoms with Crippen LogP contribution in [0.15, 0.2) is 16.7 Å². The molecule has 0 fully saturated rings. The van der Waals surface area contributed by atoms with E-state index in [0.29, 0.717) is 0 Å². The Bertz CT molecular complexity index is 427. The van der Waals surface area contributed by atoms with Crippen LogP contribution in [0, 0.1) is 0 Å². The third kappa shape index (κ3) is 7.99. The molecule has 3 N–H and O–H groups in total. The van der Waals surface area contributed by atoms with Gasteiger partial charge in [-0.1, -0.05) is 72.9 Å². The average Bonchev–Trinajstić information content (AvgIpc) is 2.97. The molecule has 24 heavy (non-hydrogen) atoms. The molecule has 0 saturated carbocycles. The van der Waals surface area contributed by atoms with Gasteiger partial charge >= 0.3 is 0 Å². The molecule has 1 aromatic heterocycles. The molecule has 0 bridgehead atoms. The lowest BCUT2D eigenvalue weighted by atomic mass is 10.1. The van der Waals surface area contributed by atoms with Crippen LogP contribution < -0.4 is 11.1 Å². The van der Waals surface area contributed by atoms with Crippen molar-refractivity contribution in [2.75, 3.05) is 6.54 Å². The number of rotatable bonds is 8. The quantitative estimate of drug-likeness (QED) is 0.488. The van der Waals surface area contributed by atoms with E-state index in [1.165, 1.54) is 38.5 Å². The number of aliphatic hydroxyl groups excluding tert-OH is 1. The second kappa shape index (κ2) is 11.1. The van der Waals surface area contributed by atoms with Crippen LogP contribution in [0.25, 0.3) is 0 Å². The molecule has 0 amide bonds. The highest BCUT2D eigenvalue weighted by atomic mass is 28.3. The van der Waals surface area contributed by atoms with Crippen LogP contribution in [-0.2, 0) is 0 Å². The van der Waals surface area contributed by atoms with Crippen LogP contribution in [0.4, 0.5) is 0 Å². The Kier molecular flexibility index (Phi) is 10.8. The standard InChI is InChI=1S/C12H22O2Si.C8H19N/c1-9(13)10-7-11(14-8-10)15(5,6)12(2,3)4;1-2-3-4-5-6-7-8-9/h7-9,13H,1-6H3;2-9H2,1H3. The van der Waals surface area contributed by atoms with Crippen molar-refractivity contribution in [1.82, 2.24) is 0 Å². The lowest BCUT2D eigenvalue weighted by Gasteiger charge is -2.34. The molecule has 0 aliphatic rings. The zero-order chi connectivity index (χ0) is 18.8. The molecule has 0 aromatic carbocycles. The van der Waals surface area contributed by atoms with Gasteiger partial charge in [-0.25, -0.2) is 0 Å². The zero-order valence-electron chi connectivity index (χ0n) is 17.1. The summed E-state index contributed by atoms with van der Waals surface area (Å²) in [7, 11) is -1.58. The first-order chi connectivity index (χ1) is 11.1. The maximum absolute atomic E-state index is 9.46. The van der Waals surface area contributed by atoms with E-state index in [-0.39, 0.29) is 5.04 Å². The minimum Gasteiger partial charge on any atom is -0.474 e. The summed E-state index contributed by atoms with van der Waals surface area (Å²) in [5.74, 6) is 0. The van der Waals surface area contributed by atoms with Gasteiger partial charge in [0.25, 0.3) is 0 Å². The molecule has 1 heterocycles. The number of aliphatic hydroxyl groups is 1. The average molecular weight is 356 g/mol. The molecule has 0 aliphatic heterocycles. The molecule has 0 saturated heterocycles. The lowest BCUT2D eigenvalue weighted by Crippen LogP contribution is -2.48. The topological polar surface area (TPSA) is 59.4 Å². The van der Waals surface area contributed by atoms with Crippen molar-refractivity contribution < 1.29 is 9.52 Å². The third-order valence-corrected chi connectivity index (χ3v) is 10.4. The van der Waals surface area contributed by atoms with Crippen LogP contribution in [0.1, 0.15) is 84.8 Å². The fraction of sp³-hybridized carbons (Fsp3) is 0.800. The SMILES string of the molecule is CC(O)c1coc([Si](C)(C)C(C)(C)C)c1.CCCCCCCCN. The van der Waals surface area contributed by atoms with Crippen molar-refractivity contribution in [2.24, 2.45) is 5.73 Å². The molecular weight excluding hydrogens is 314 g/mol. The van der Waals surface area contributed by atoms with Gasteiger partial charge in [0.1, 0.15) is 8.07 Å². The Morgan fingerprint density at radius 1 is 1.12 bits per heavy atom. The highest BCUT2D eigenvalue weighted by molar-refractivity contribution is 6.91. The maximum Gasteiger partial charge on any atom is 0.131 e. The van der Waals surface area contributed by atoms with E-state index in [4.69, 9.17) is 10.2 Å². The van der Waals surface area contributed by atoms with Crippen molar-refractivity contribution in [3.05, 3.63) is 17.9 Å². The number of hydrogen-bond donors (Lipinski definition) is 2. The molecular formula is C20H41NO2Si. The Balaban J connectivity index is 0.000000506. The highest BCUT2D eigenvalue weighted by Gasteiger charge is 2.39. The number of furan rings is 1. The van der Waals surface area contributed by atoms with Crippen molar-refractivity contribution in [3.63, 3.8) is 0 Å². The minimum absolute atomic E-state index is 0.265. The first kappa shape index (κ1) is 23.4. The molecule has 0 aliphatic carbocycles. The summed E-state index contributed by atoms with van der Waals surface area (Å²) in [4.78, 5) is 0. The Morgan fingerprint density at radius 2 is 1.67 bits per heavy atom. The van der Waals surface area contributed by atoms with Crippen LogP contribution >= 0.6 is 0 Å². The van der Waals surface area contributed by atoms with E-state index in [2.05, 4.69) is 40.8 Å². The monoisotopic (exact) mass is 355 g/mol. The normalized spacial score (nSPS) is 13.4. The van der Waals surface area contributed by atoms with Gasteiger partial charge in [-0.15, -0.1) is 0 Å². The molecule has 1 aromatic rings. The van der Waals surface area contributed by atoms with Crippen molar-refractivity contribution >= 4 is 13.5 Å². The van der Waals surface area contributed by atoms with Gasteiger partial charge in [-0.3, -0.25) is 0 Å². The number of hydrogen-bond acceptors (Lipinski definition) is 3. The van der Waals surface area contributed by atoms with E-state index in [1.54, 1.807) is 13.2 Å². The van der Waals surface area contributed by atoms with E-state index in [1.807, 2.05) is 6.07 Å². The number of nitrogens with two attached hydrogens (primary N) is 1. The van der Waals surface area contributed by atoms with E-state index in [9.17, 15) is 5.11 Å². The van der Waals surface area contributed by atoms with Gasteiger partial charge in [0, 0.05) is 5.56 Å². The molecule has 0 spiro atoms. The third-order valence-electron chi connectivity index (χ3n) is 5.15. The van der Waals surface area contributed by atoms with Gasteiger partial charge in [0.05, 0.1) is 17.8 Å². The molecule has 142 valence electrons. The van der Waals surface area contributed by atoms with Gasteiger partial charge in [-0.2, -0.15) is 0 Å². The predicted octanol–water partition coefficient (Wildman–Crippen LogP) is 5.35. The Morgan fingerprint density at radius 3 is 2.08 bits per heavy atom. The summed E-state index contributed by atoms with van der Waals surface area (Å²) in [6.07, 6.45) is 9.29. The Hall–Kier alpha value is -0.583. The van der Waals surface area contributed by atoms with E-state index < -0.39 is 14.2 Å². The van der Waals surface area contributed by atoms with Gasteiger partial charge in [0.2, 0.25) is 0 Å².